The van der Waals surface area contributed by atoms with Crippen molar-refractivity contribution in [1.82, 2.24) is 0 Å². The summed E-state index contributed by atoms with van der Waals surface area (Å²) in [5, 5.41) is 2.54. The Bertz CT molecular complexity index is 761. The topological polar surface area (TPSA) is 73.9 Å². The van der Waals surface area contributed by atoms with Gasteiger partial charge < -0.3 is 19.5 Å². The lowest BCUT2D eigenvalue weighted by Gasteiger charge is -2.15. The van der Waals surface area contributed by atoms with E-state index in [1.54, 1.807) is 12.1 Å². The summed E-state index contributed by atoms with van der Waals surface area (Å²) in [5.74, 6) is -0.858. The van der Waals surface area contributed by atoms with Crippen molar-refractivity contribution in [1.29, 1.82) is 0 Å². The first-order valence-corrected chi connectivity index (χ1v) is 7.44. The lowest BCUT2D eigenvalue weighted by Crippen LogP contribution is -2.30. The summed E-state index contributed by atoms with van der Waals surface area (Å²) in [7, 11) is 2.91. The van der Waals surface area contributed by atoms with Gasteiger partial charge in [0.05, 0.1) is 14.2 Å². The fourth-order valence-electron chi connectivity index (χ4n) is 2.02. The summed E-state index contributed by atoms with van der Waals surface area (Å²) in [6.07, 6.45) is -1.05. The largest absolute Gasteiger partial charge is 0.497 e. The fourth-order valence-corrected chi connectivity index (χ4v) is 2.02. The monoisotopic (exact) mass is 347 g/mol. The highest BCUT2D eigenvalue weighted by atomic mass is 19.1. The number of anilines is 1. The summed E-state index contributed by atoms with van der Waals surface area (Å²) in [6, 6.07) is 9.87. The van der Waals surface area contributed by atoms with Crippen LogP contribution in [0.15, 0.2) is 42.5 Å². The Kier molecular flexibility index (Phi) is 5.94. The number of ether oxygens (including phenoxy) is 3. The number of halogens is 1. The van der Waals surface area contributed by atoms with Crippen LogP contribution in [0.5, 0.6) is 11.5 Å². The molecule has 0 spiro atoms. The quantitative estimate of drug-likeness (QED) is 0.813. The maximum absolute atomic E-state index is 12.9. The molecule has 132 valence electrons. The second kappa shape index (κ2) is 8.14. The maximum Gasteiger partial charge on any atom is 0.342 e. The van der Waals surface area contributed by atoms with Crippen LogP contribution in [0.3, 0.4) is 0 Å². The highest BCUT2D eigenvalue weighted by Crippen LogP contribution is 2.25. The van der Waals surface area contributed by atoms with E-state index in [0.29, 0.717) is 11.4 Å². The van der Waals surface area contributed by atoms with Crippen LogP contribution < -0.4 is 14.8 Å². The molecule has 0 aliphatic heterocycles. The summed E-state index contributed by atoms with van der Waals surface area (Å²) in [4.78, 5) is 24.3. The van der Waals surface area contributed by atoms with Crippen LogP contribution in [-0.2, 0) is 9.53 Å². The molecule has 0 bridgehead atoms. The van der Waals surface area contributed by atoms with Gasteiger partial charge in [-0.25, -0.2) is 9.18 Å². The van der Waals surface area contributed by atoms with Crippen molar-refractivity contribution in [2.24, 2.45) is 0 Å². The van der Waals surface area contributed by atoms with Crippen LogP contribution in [-0.4, -0.2) is 32.2 Å². The van der Waals surface area contributed by atoms with E-state index in [1.165, 1.54) is 51.5 Å². The molecular weight excluding hydrogens is 329 g/mol. The third kappa shape index (κ3) is 4.69. The second-order valence-electron chi connectivity index (χ2n) is 5.11. The number of carbonyl (C=O) groups is 2. The van der Waals surface area contributed by atoms with E-state index in [4.69, 9.17) is 14.2 Å². The Balaban J connectivity index is 2.04. The van der Waals surface area contributed by atoms with Crippen LogP contribution in [0.1, 0.15) is 17.3 Å². The molecule has 0 aromatic heterocycles. The smallest absolute Gasteiger partial charge is 0.342 e. The van der Waals surface area contributed by atoms with E-state index >= 15 is 0 Å². The zero-order valence-corrected chi connectivity index (χ0v) is 14.0. The van der Waals surface area contributed by atoms with Crippen molar-refractivity contribution in [3.63, 3.8) is 0 Å². The number of benzene rings is 2. The lowest BCUT2D eigenvalue weighted by atomic mass is 10.2. The van der Waals surface area contributed by atoms with Gasteiger partial charge in [0, 0.05) is 11.8 Å². The minimum Gasteiger partial charge on any atom is -0.497 e. The first-order chi connectivity index (χ1) is 11.9. The second-order valence-corrected chi connectivity index (χ2v) is 5.11. The predicted molar refractivity (Wildman–Crippen MR) is 89.5 cm³/mol. The number of carbonyl (C=O) groups excluding carboxylic acids is 2. The van der Waals surface area contributed by atoms with Gasteiger partial charge in [-0.15, -0.1) is 0 Å². The molecule has 1 amide bonds. The van der Waals surface area contributed by atoms with Crippen LogP contribution in [0.2, 0.25) is 0 Å². The van der Waals surface area contributed by atoms with Crippen molar-refractivity contribution >= 4 is 17.6 Å². The highest BCUT2D eigenvalue weighted by Gasteiger charge is 2.22. The van der Waals surface area contributed by atoms with Crippen LogP contribution in [0.25, 0.3) is 0 Å². The minimum absolute atomic E-state index is 0.171. The Hall–Kier alpha value is -3.09. The summed E-state index contributed by atoms with van der Waals surface area (Å²) >= 11 is 0. The average molecular weight is 347 g/mol. The molecule has 1 atom stereocenters. The highest BCUT2D eigenvalue weighted by molar-refractivity contribution is 5.98. The van der Waals surface area contributed by atoms with E-state index in [-0.39, 0.29) is 11.3 Å². The molecule has 2 aromatic carbocycles. The van der Waals surface area contributed by atoms with Crippen molar-refractivity contribution in [3.05, 3.63) is 53.8 Å². The molecule has 0 aliphatic rings. The summed E-state index contributed by atoms with van der Waals surface area (Å²) < 4.78 is 28.2. The fraction of sp³-hybridized carbons (Fsp3) is 0.222. The number of methoxy groups -OCH3 is 2. The van der Waals surface area contributed by atoms with Gasteiger partial charge >= 0.3 is 5.97 Å². The van der Waals surface area contributed by atoms with Gasteiger partial charge in [-0.05, 0) is 43.3 Å². The van der Waals surface area contributed by atoms with Gasteiger partial charge in [0.2, 0.25) is 0 Å². The van der Waals surface area contributed by atoms with Gasteiger partial charge in [0.1, 0.15) is 22.9 Å². The van der Waals surface area contributed by atoms with Crippen molar-refractivity contribution in [2.45, 2.75) is 13.0 Å². The standard InChI is InChI=1S/C18H18FNO5/c1-11(17(21)20-13-6-4-12(19)5-7-13)25-18(22)15-9-8-14(23-2)10-16(15)24-3/h4-11H,1-3H3,(H,20,21)/t11-/m1/s1. The van der Waals surface area contributed by atoms with Gasteiger partial charge in [-0.3, -0.25) is 4.79 Å². The van der Waals surface area contributed by atoms with Crippen molar-refractivity contribution in [3.8, 4) is 11.5 Å². The first kappa shape index (κ1) is 18.3. The Labute approximate surface area is 144 Å². The molecule has 0 radical (unpaired) electrons. The molecule has 2 rings (SSSR count). The SMILES string of the molecule is COc1ccc(C(=O)O[C@H](C)C(=O)Nc2ccc(F)cc2)c(OC)c1. The Morgan fingerprint density at radius 2 is 1.72 bits per heavy atom. The van der Waals surface area contributed by atoms with Gasteiger partial charge in [0.25, 0.3) is 5.91 Å². The molecule has 0 saturated carbocycles. The summed E-state index contributed by atoms with van der Waals surface area (Å²) in [5.41, 5.74) is 0.570. The third-order valence-electron chi connectivity index (χ3n) is 3.39. The Morgan fingerprint density at radius 3 is 2.32 bits per heavy atom. The molecule has 0 fully saturated rings. The van der Waals surface area contributed by atoms with E-state index in [0.717, 1.165) is 0 Å². The van der Waals surface area contributed by atoms with Gasteiger partial charge in [-0.1, -0.05) is 0 Å². The molecule has 0 heterocycles. The van der Waals surface area contributed by atoms with Gasteiger partial charge in [-0.2, -0.15) is 0 Å². The van der Waals surface area contributed by atoms with Crippen LogP contribution in [0, 0.1) is 5.82 Å². The maximum atomic E-state index is 12.9. The lowest BCUT2D eigenvalue weighted by molar-refractivity contribution is -0.123. The molecule has 0 saturated heterocycles. The zero-order valence-electron chi connectivity index (χ0n) is 14.0. The van der Waals surface area contributed by atoms with Crippen LogP contribution >= 0.6 is 0 Å². The zero-order chi connectivity index (χ0) is 18.4. The molecule has 6 nitrogen and oxygen atoms in total. The number of amides is 1. The molecule has 2 aromatic rings. The normalized spacial score (nSPS) is 11.4. The number of hydrogen-bond acceptors (Lipinski definition) is 5. The molecule has 25 heavy (non-hydrogen) atoms. The van der Waals surface area contributed by atoms with Crippen LogP contribution in [0.4, 0.5) is 10.1 Å². The van der Waals surface area contributed by atoms with E-state index in [2.05, 4.69) is 5.32 Å². The average Bonchev–Trinajstić information content (AvgIpc) is 2.62. The summed E-state index contributed by atoms with van der Waals surface area (Å²) in [6.45, 7) is 1.44. The van der Waals surface area contributed by atoms with E-state index in [1.807, 2.05) is 0 Å². The molecular formula is C18H18FNO5. The third-order valence-corrected chi connectivity index (χ3v) is 3.39. The van der Waals surface area contributed by atoms with Crippen molar-refractivity contribution < 1.29 is 28.2 Å². The predicted octanol–water partition coefficient (Wildman–Crippen LogP) is 3.03. The van der Waals surface area contributed by atoms with Gasteiger partial charge in [0.15, 0.2) is 6.10 Å². The molecule has 1 N–H and O–H groups in total. The number of rotatable bonds is 6. The van der Waals surface area contributed by atoms with E-state index < -0.39 is 23.8 Å². The number of hydrogen-bond donors (Lipinski definition) is 1. The van der Waals surface area contributed by atoms with E-state index in [9.17, 15) is 14.0 Å². The molecule has 0 unspecified atom stereocenters. The first-order valence-electron chi connectivity index (χ1n) is 7.44. The number of esters is 1. The number of nitrogens with one attached hydrogen (secondary N) is 1. The molecule has 7 heteroatoms. The Morgan fingerprint density at radius 1 is 1.04 bits per heavy atom. The van der Waals surface area contributed by atoms with Crippen molar-refractivity contribution in [2.75, 3.05) is 19.5 Å². The minimum atomic E-state index is -1.05. The molecule has 0 aliphatic carbocycles.